The average molecular weight is 176 g/mol. The Kier molecular flexibility index (Phi) is 2.50. The average Bonchev–Trinajstić information content (AvgIpc) is 2.53. The molecule has 2 heteroatoms. The van der Waals surface area contributed by atoms with E-state index in [1.165, 1.54) is 12.1 Å². The van der Waals surface area contributed by atoms with Crippen LogP contribution in [0.25, 0.3) is 0 Å². The molecule has 0 saturated heterocycles. The van der Waals surface area contributed by atoms with Gasteiger partial charge in [0, 0.05) is 17.8 Å². The molecule has 0 heterocycles. The van der Waals surface area contributed by atoms with Crippen LogP contribution in [0.1, 0.15) is 19.3 Å². The molecule has 0 bridgehead atoms. The number of para-hydroxylation sites is 1. The number of benzene rings is 1. The van der Waals surface area contributed by atoms with Crippen molar-refractivity contribution >= 4 is 5.69 Å². The molecule has 3 N–H and O–H groups in total. The lowest BCUT2D eigenvalue weighted by atomic mass is 10.2. The Morgan fingerprint density at radius 3 is 2.54 bits per heavy atom. The smallest absolute Gasteiger partial charge is 0.0342 e. The van der Waals surface area contributed by atoms with E-state index in [0.717, 1.165) is 12.8 Å². The number of anilines is 1. The number of hydrogen-bond acceptors (Lipinski definition) is 2. The first-order valence-electron chi connectivity index (χ1n) is 4.92. The molecule has 1 saturated carbocycles. The van der Waals surface area contributed by atoms with E-state index < -0.39 is 0 Å². The topological polar surface area (TPSA) is 38.0 Å². The highest BCUT2D eigenvalue weighted by Gasteiger charge is 2.20. The third kappa shape index (κ3) is 2.22. The van der Waals surface area contributed by atoms with Crippen LogP contribution in [0.3, 0.4) is 0 Å². The van der Waals surface area contributed by atoms with Gasteiger partial charge in [-0.2, -0.15) is 0 Å². The molecule has 0 amide bonds. The maximum absolute atomic E-state index is 5.84. The molecule has 13 heavy (non-hydrogen) atoms. The third-order valence-electron chi connectivity index (χ3n) is 2.62. The van der Waals surface area contributed by atoms with Crippen molar-refractivity contribution in [3.63, 3.8) is 0 Å². The van der Waals surface area contributed by atoms with E-state index in [1.807, 2.05) is 6.07 Å². The van der Waals surface area contributed by atoms with Crippen molar-refractivity contribution in [3.05, 3.63) is 30.3 Å². The number of nitrogens with two attached hydrogens (primary N) is 1. The summed E-state index contributed by atoms with van der Waals surface area (Å²) in [7, 11) is 0. The van der Waals surface area contributed by atoms with Gasteiger partial charge in [-0.15, -0.1) is 0 Å². The van der Waals surface area contributed by atoms with Gasteiger partial charge in [0.2, 0.25) is 0 Å². The van der Waals surface area contributed by atoms with Crippen LogP contribution in [0.5, 0.6) is 0 Å². The van der Waals surface area contributed by atoms with Crippen LogP contribution < -0.4 is 11.1 Å². The quantitative estimate of drug-likeness (QED) is 0.723. The highest BCUT2D eigenvalue weighted by Crippen LogP contribution is 2.21. The van der Waals surface area contributed by atoms with E-state index in [-0.39, 0.29) is 0 Å². The fourth-order valence-corrected chi connectivity index (χ4v) is 1.92. The second kappa shape index (κ2) is 3.79. The Labute approximate surface area is 79.1 Å². The van der Waals surface area contributed by atoms with Crippen LogP contribution in [0.15, 0.2) is 30.3 Å². The normalized spacial score (nSPS) is 27.5. The fourth-order valence-electron chi connectivity index (χ4n) is 1.92. The van der Waals surface area contributed by atoms with Gasteiger partial charge >= 0.3 is 0 Å². The number of nitrogens with one attached hydrogen (secondary N) is 1. The molecule has 70 valence electrons. The van der Waals surface area contributed by atoms with Crippen molar-refractivity contribution in [2.45, 2.75) is 31.3 Å². The van der Waals surface area contributed by atoms with Gasteiger partial charge in [-0.3, -0.25) is 0 Å². The van der Waals surface area contributed by atoms with Crippen molar-refractivity contribution in [2.75, 3.05) is 5.32 Å². The van der Waals surface area contributed by atoms with Gasteiger partial charge in [-0.05, 0) is 31.4 Å². The third-order valence-corrected chi connectivity index (χ3v) is 2.62. The summed E-state index contributed by atoms with van der Waals surface area (Å²) in [5.74, 6) is 0. The minimum Gasteiger partial charge on any atom is -0.382 e. The molecular formula is C11H16N2. The van der Waals surface area contributed by atoms with E-state index in [2.05, 4.69) is 29.6 Å². The highest BCUT2D eigenvalue weighted by atomic mass is 14.9. The van der Waals surface area contributed by atoms with E-state index in [1.54, 1.807) is 0 Å². The Morgan fingerprint density at radius 2 is 1.92 bits per heavy atom. The minimum atomic E-state index is 0.404. The molecule has 2 rings (SSSR count). The largest absolute Gasteiger partial charge is 0.382 e. The lowest BCUT2D eigenvalue weighted by molar-refractivity contribution is 0.688. The van der Waals surface area contributed by atoms with Crippen molar-refractivity contribution in [1.82, 2.24) is 0 Å². The first-order valence-corrected chi connectivity index (χ1v) is 4.92. The molecule has 1 aromatic rings. The molecule has 0 spiro atoms. The molecule has 0 unspecified atom stereocenters. The zero-order valence-electron chi connectivity index (χ0n) is 7.74. The molecule has 0 radical (unpaired) electrons. The van der Waals surface area contributed by atoms with Crippen LogP contribution in [-0.4, -0.2) is 12.1 Å². The first kappa shape index (κ1) is 8.57. The summed E-state index contributed by atoms with van der Waals surface area (Å²) in [6, 6.07) is 11.3. The Bertz CT molecular complexity index is 258. The van der Waals surface area contributed by atoms with Crippen LogP contribution in [0.2, 0.25) is 0 Å². The predicted octanol–water partition coefficient (Wildman–Crippen LogP) is 1.98. The lowest BCUT2D eigenvalue weighted by Gasteiger charge is -2.13. The molecule has 0 aromatic heterocycles. The Hall–Kier alpha value is -1.02. The highest BCUT2D eigenvalue weighted by molar-refractivity contribution is 5.43. The molecule has 2 atom stereocenters. The van der Waals surface area contributed by atoms with Crippen molar-refractivity contribution < 1.29 is 0 Å². The number of rotatable bonds is 2. The zero-order chi connectivity index (χ0) is 9.10. The van der Waals surface area contributed by atoms with Crippen LogP contribution >= 0.6 is 0 Å². The molecule has 1 aliphatic carbocycles. The molecular weight excluding hydrogens is 160 g/mol. The second-order valence-electron chi connectivity index (χ2n) is 3.78. The van der Waals surface area contributed by atoms with Crippen LogP contribution in [0, 0.1) is 0 Å². The molecule has 2 nitrogen and oxygen atoms in total. The summed E-state index contributed by atoms with van der Waals surface area (Å²) < 4.78 is 0. The molecule has 1 fully saturated rings. The summed E-state index contributed by atoms with van der Waals surface area (Å²) in [5, 5.41) is 3.49. The van der Waals surface area contributed by atoms with Gasteiger partial charge in [-0.1, -0.05) is 18.2 Å². The van der Waals surface area contributed by atoms with E-state index in [0.29, 0.717) is 12.1 Å². The predicted molar refractivity (Wildman–Crippen MR) is 55.7 cm³/mol. The van der Waals surface area contributed by atoms with E-state index in [4.69, 9.17) is 5.73 Å². The van der Waals surface area contributed by atoms with Crippen molar-refractivity contribution in [3.8, 4) is 0 Å². The van der Waals surface area contributed by atoms with Gasteiger partial charge in [0.25, 0.3) is 0 Å². The fraction of sp³-hybridized carbons (Fsp3) is 0.455. The molecule has 0 aliphatic heterocycles. The second-order valence-corrected chi connectivity index (χ2v) is 3.78. The summed E-state index contributed by atoms with van der Waals surface area (Å²) in [6.45, 7) is 0. The number of hydrogen-bond donors (Lipinski definition) is 2. The molecule has 1 aliphatic rings. The van der Waals surface area contributed by atoms with Gasteiger partial charge in [0.05, 0.1) is 0 Å². The summed E-state index contributed by atoms with van der Waals surface area (Å²) in [5.41, 5.74) is 7.05. The van der Waals surface area contributed by atoms with Gasteiger partial charge in [0.1, 0.15) is 0 Å². The zero-order valence-corrected chi connectivity index (χ0v) is 7.74. The van der Waals surface area contributed by atoms with Gasteiger partial charge < -0.3 is 11.1 Å². The SMILES string of the molecule is N[C@H]1CC[C@@H](Nc2ccccc2)C1. The molecule has 1 aromatic carbocycles. The maximum atomic E-state index is 5.84. The van der Waals surface area contributed by atoms with Crippen LogP contribution in [0.4, 0.5) is 5.69 Å². The Balaban J connectivity index is 1.92. The maximum Gasteiger partial charge on any atom is 0.0342 e. The first-order chi connectivity index (χ1) is 6.34. The lowest BCUT2D eigenvalue weighted by Crippen LogP contribution is -2.20. The summed E-state index contributed by atoms with van der Waals surface area (Å²) in [6.07, 6.45) is 3.47. The standard InChI is InChI=1S/C11H16N2/c12-9-6-7-11(8-9)13-10-4-2-1-3-5-10/h1-5,9,11,13H,6-8,12H2/t9-,11+/m0/s1. The Morgan fingerprint density at radius 1 is 1.15 bits per heavy atom. The van der Waals surface area contributed by atoms with Crippen molar-refractivity contribution in [2.24, 2.45) is 5.73 Å². The van der Waals surface area contributed by atoms with Gasteiger partial charge in [-0.25, -0.2) is 0 Å². The van der Waals surface area contributed by atoms with E-state index in [9.17, 15) is 0 Å². The van der Waals surface area contributed by atoms with Gasteiger partial charge in [0.15, 0.2) is 0 Å². The minimum absolute atomic E-state index is 0.404. The van der Waals surface area contributed by atoms with E-state index >= 15 is 0 Å². The summed E-state index contributed by atoms with van der Waals surface area (Å²) >= 11 is 0. The van der Waals surface area contributed by atoms with Crippen LogP contribution in [-0.2, 0) is 0 Å². The monoisotopic (exact) mass is 176 g/mol. The van der Waals surface area contributed by atoms with Crippen molar-refractivity contribution in [1.29, 1.82) is 0 Å². The summed E-state index contributed by atoms with van der Waals surface area (Å²) in [4.78, 5) is 0.